The zero-order chi connectivity index (χ0) is 66.1. The molecule has 0 saturated carbocycles. The molecule has 4 heterocycles. The zero-order valence-corrected chi connectivity index (χ0v) is 59.9. The van der Waals surface area contributed by atoms with E-state index in [1.54, 1.807) is 0 Å². The number of nitrogens with zero attached hydrogens (tertiary/aromatic N) is 6. The Morgan fingerprint density at radius 1 is 0.386 bits per heavy atom. The number of benzene rings is 4. The normalized spacial score (nSPS) is 13.0. The summed E-state index contributed by atoms with van der Waals surface area (Å²) in [6.07, 6.45) is 14.3. The second-order valence-corrected chi connectivity index (χ2v) is 28.8. The maximum absolute atomic E-state index is 10.7. The third kappa shape index (κ3) is 38.2. The number of aryl methyl sites for hydroxylation is 4. The van der Waals surface area contributed by atoms with E-state index in [9.17, 15) is 50.4 Å². The maximum Gasteiger partial charge on any atom is 3.00 e. The first-order chi connectivity index (χ1) is 38.8. The largest absolute Gasteiger partial charge is 3.00 e. The number of aromatic nitrogens is 6. The van der Waals surface area contributed by atoms with E-state index in [1.165, 1.54) is 22.3 Å². The number of halogens is 16. The molecule has 0 bridgehead atoms. The van der Waals surface area contributed by atoms with Crippen molar-refractivity contribution < 1.29 is 104 Å². The van der Waals surface area contributed by atoms with Gasteiger partial charge in [0.1, 0.15) is 13.1 Å². The van der Waals surface area contributed by atoms with Crippen LogP contribution in [0.4, 0.5) is 50.4 Å². The number of hydrogen-bond acceptors (Lipinski definition) is 2. The molecule has 88 heavy (non-hydrogen) atoms. The number of hydrogen-bond donors (Lipinski definition) is 0. The standard InChI is InChI=1S/2C25H27N.C10H14N4.2CH2Cl2.2Au.2F6P/c2*1-24(2,3)20-14-10-18(11-15-20)22-8-7-9-23(26-22)19-12-16-21(17-13-19)25(4,5)6;1-11-3-5-13(9-11)7-8-14-6-4-12(2)10-14;2*2-1-3;;;2*1-7(2,3,4,5)6/h2*7-10,12,14-17H,1-6H3;3-6H,7-8H2,1-2H3;2*1H2;;;;/q2*-2;;;;2*+3;2*-1. The van der Waals surface area contributed by atoms with E-state index < -0.39 is 15.6 Å². The second-order valence-electron chi connectivity index (χ2n) is 23.3. The van der Waals surface area contributed by atoms with E-state index in [2.05, 4.69) is 205 Å². The molecule has 0 radical (unpaired) electrons. The SMILES string of the molecule is CC(C)(C)c1c[c-]c(-c2cccc(-c3[c-]cc(C(C)(C)C)cc3)n2)cc1.CC(C)(C)c1c[c-]c(-c2cccc(-c3[c-]cc(C(C)(C)C)cc3)n2)cc1.C[n+]1[c-]n(CCn2[c-][n+](C)cc2)cc1.ClCCl.ClCCl.F[P-](F)(F)(F)(F)F.F[P-](F)(F)(F)(F)F.[Au+3].[Au+3]. The molecule has 4 aromatic carbocycles. The van der Waals surface area contributed by atoms with Crippen LogP contribution in [0.1, 0.15) is 105 Å². The number of pyridine rings is 2. The first kappa shape index (κ1) is 84.3. The molecule has 0 N–H and O–H groups in total. The fraction of sp³-hybridized carbons (Fsp3) is 0.355. The van der Waals surface area contributed by atoms with Crippen LogP contribution in [0.25, 0.3) is 45.0 Å². The molecule has 4 aromatic heterocycles. The van der Waals surface area contributed by atoms with Crippen LogP contribution in [0.3, 0.4) is 0 Å². The van der Waals surface area contributed by atoms with E-state index in [0.29, 0.717) is 0 Å². The molecule has 0 fully saturated rings. The van der Waals surface area contributed by atoms with Crippen LogP contribution < -0.4 is 9.13 Å². The van der Waals surface area contributed by atoms with Crippen LogP contribution in [0.15, 0.2) is 134 Å². The minimum atomic E-state index is -10.7. The minimum absolute atomic E-state index is 0. The third-order valence-corrected chi connectivity index (χ3v) is 11.4. The van der Waals surface area contributed by atoms with Crippen LogP contribution in [0.2, 0.25) is 0 Å². The number of imidazole rings is 2. The van der Waals surface area contributed by atoms with Gasteiger partial charge in [0, 0.05) is 0 Å². The third-order valence-electron chi connectivity index (χ3n) is 11.4. The van der Waals surface area contributed by atoms with Gasteiger partial charge in [0.25, 0.3) is 0 Å². The molecule has 8 rings (SSSR count). The van der Waals surface area contributed by atoms with Crippen molar-refractivity contribution in [1.29, 1.82) is 0 Å². The summed E-state index contributed by atoms with van der Waals surface area (Å²) in [5.74, 6) is 0. The van der Waals surface area contributed by atoms with Crippen LogP contribution >= 0.6 is 62.0 Å². The molecular formula is C62H72Au2Cl4F12N6P2. The molecule has 6 nitrogen and oxygen atoms in total. The molecule has 8 aromatic rings. The zero-order valence-electron chi connectivity index (χ0n) is 50.8. The van der Waals surface area contributed by atoms with Gasteiger partial charge in [-0.15, -0.1) is 188 Å². The molecule has 0 amide bonds. The van der Waals surface area contributed by atoms with E-state index in [1.807, 2.05) is 81.4 Å². The van der Waals surface area contributed by atoms with Crippen LogP contribution in [0, 0.1) is 36.9 Å². The monoisotopic (exact) mass is 1720 g/mol. The molecule has 0 aliphatic heterocycles. The quantitative estimate of drug-likeness (QED) is 0.0399. The predicted molar refractivity (Wildman–Crippen MR) is 330 cm³/mol. The average molecular weight is 1730 g/mol. The van der Waals surface area contributed by atoms with E-state index in [0.717, 1.165) is 58.1 Å². The Labute approximate surface area is 561 Å². The van der Waals surface area contributed by atoms with Gasteiger partial charge in [-0.25, -0.2) is 0 Å². The molecule has 0 unspecified atom stereocenters. The summed E-state index contributed by atoms with van der Waals surface area (Å²) in [4.78, 5) is 9.67. The topological polar surface area (TPSA) is 43.4 Å². The fourth-order valence-corrected chi connectivity index (χ4v) is 7.04. The van der Waals surface area contributed by atoms with Gasteiger partial charge in [0.05, 0.1) is 24.8 Å². The Balaban J connectivity index is 0.00000113. The Hall–Kier alpha value is -3.74. The van der Waals surface area contributed by atoms with Gasteiger partial charge in [0.2, 0.25) is 12.7 Å². The molecule has 26 heteroatoms. The van der Waals surface area contributed by atoms with Gasteiger partial charge in [-0.3, -0.25) is 0 Å². The van der Waals surface area contributed by atoms with Crippen molar-refractivity contribution in [2.45, 2.75) is 118 Å². The van der Waals surface area contributed by atoms with E-state index >= 15 is 0 Å². The van der Waals surface area contributed by atoms with Gasteiger partial charge < -0.3 is 28.2 Å². The average Bonchev–Trinajstić information content (AvgIpc) is 3.20. The van der Waals surface area contributed by atoms with Crippen molar-refractivity contribution >= 4 is 62.0 Å². The molecule has 0 aliphatic rings. The van der Waals surface area contributed by atoms with Gasteiger partial charge in [-0.1, -0.05) is 119 Å². The summed E-state index contributed by atoms with van der Waals surface area (Å²) < 4.78 is 126. The molecule has 0 spiro atoms. The maximum atomic E-state index is 9.87. The molecule has 0 saturated heterocycles. The molecule has 0 aliphatic carbocycles. The Morgan fingerprint density at radius 3 is 0.716 bits per heavy atom. The summed E-state index contributed by atoms with van der Waals surface area (Å²) >= 11 is 19.1. The van der Waals surface area contributed by atoms with Crippen molar-refractivity contribution in [1.82, 2.24) is 19.1 Å². The van der Waals surface area contributed by atoms with Crippen molar-refractivity contribution in [3.05, 3.63) is 193 Å². The second kappa shape index (κ2) is 32.2. The smallest absolute Gasteiger partial charge is 3.00 e. The van der Waals surface area contributed by atoms with Gasteiger partial charge in [-0.2, -0.15) is 0 Å². The van der Waals surface area contributed by atoms with Gasteiger partial charge in [0.15, 0.2) is 0 Å². The predicted octanol–water partition coefficient (Wildman–Crippen LogP) is 22.1. The van der Waals surface area contributed by atoms with Crippen molar-refractivity contribution in [3.8, 4) is 45.0 Å². The van der Waals surface area contributed by atoms with E-state index in [-0.39, 0.29) is 77.1 Å². The van der Waals surface area contributed by atoms with Gasteiger partial charge in [-0.05, 0) is 69.2 Å². The van der Waals surface area contributed by atoms with Crippen LogP contribution in [-0.2, 0) is 93.6 Å². The minimum Gasteiger partial charge on any atom is 3.00 e. The summed E-state index contributed by atoms with van der Waals surface area (Å²) in [6, 6.07) is 51.3. The summed E-state index contributed by atoms with van der Waals surface area (Å²) in [5.41, 5.74) is 13.5. The van der Waals surface area contributed by atoms with Crippen molar-refractivity contribution in [3.63, 3.8) is 0 Å². The molecular weight excluding hydrogens is 1650 g/mol. The molecule has 494 valence electrons. The first-order valence-electron chi connectivity index (χ1n) is 26.1. The first-order valence-corrected chi connectivity index (χ1v) is 32.2. The summed E-state index contributed by atoms with van der Waals surface area (Å²) in [6.45, 7) is 28.4. The Kier molecular flexibility index (Phi) is 30.8. The van der Waals surface area contributed by atoms with Crippen molar-refractivity contribution in [2.75, 3.05) is 10.7 Å². The Bertz CT molecular complexity index is 2960. The number of alkyl halides is 4. The van der Waals surface area contributed by atoms with Crippen molar-refractivity contribution in [2.24, 2.45) is 14.1 Å². The Morgan fingerprint density at radius 2 is 0.580 bits per heavy atom. The van der Waals surface area contributed by atoms with Crippen LogP contribution in [0.5, 0.6) is 0 Å². The van der Waals surface area contributed by atoms with E-state index in [4.69, 9.17) is 56.4 Å². The number of rotatable bonds is 7. The van der Waals surface area contributed by atoms with Crippen LogP contribution in [-0.4, -0.2) is 29.8 Å². The molecule has 0 atom stereocenters. The summed E-state index contributed by atoms with van der Waals surface area (Å²) in [7, 11) is -17.4. The fourth-order valence-electron chi connectivity index (χ4n) is 7.04. The van der Waals surface area contributed by atoms with Gasteiger partial charge >= 0.3 is 111 Å². The summed E-state index contributed by atoms with van der Waals surface area (Å²) in [5, 5.41) is 0.389.